The molecule has 26 heavy (non-hydrogen) atoms. The minimum absolute atomic E-state index is 0.0230. The molecule has 2 aliphatic rings. The monoisotopic (exact) mass is 402 g/mol. The van der Waals surface area contributed by atoms with Gasteiger partial charge >= 0.3 is 0 Å². The highest BCUT2D eigenvalue weighted by Crippen LogP contribution is 2.32. The minimum Gasteiger partial charge on any atom is -0.347 e. The van der Waals surface area contributed by atoms with Gasteiger partial charge in [-0.25, -0.2) is 13.1 Å². The normalized spacial score (nSPS) is 20.1. The molecule has 1 aromatic carbocycles. The number of amides is 1. The van der Waals surface area contributed by atoms with Gasteiger partial charge < -0.3 is 14.4 Å². The Balaban J connectivity index is 1.78. The molecule has 0 saturated carbocycles. The molecule has 144 valence electrons. The van der Waals surface area contributed by atoms with Crippen molar-refractivity contribution in [3.05, 3.63) is 28.8 Å². The summed E-state index contributed by atoms with van der Waals surface area (Å²) < 4.78 is 38.6. The first-order valence-corrected chi connectivity index (χ1v) is 10.5. The Morgan fingerprint density at radius 3 is 2.42 bits per heavy atom. The molecule has 0 aliphatic carbocycles. The summed E-state index contributed by atoms with van der Waals surface area (Å²) in [6, 6.07) is 3.93. The zero-order valence-corrected chi connectivity index (χ0v) is 16.4. The molecule has 0 unspecified atom stereocenters. The lowest BCUT2D eigenvalue weighted by atomic mass is 10.0. The predicted molar refractivity (Wildman–Crippen MR) is 96.7 cm³/mol. The van der Waals surface area contributed by atoms with E-state index in [1.165, 1.54) is 18.2 Å². The van der Waals surface area contributed by atoms with Crippen molar-refractivity contribution >= 4 is 27.5 Å². The first-order valence-electron chi connectivity index (χ1n) is 8.61. The number of hydrogen-bond donors (Lipinski definition) is 1. The van der Waals surface area contributed by atoms with Crippen molar-refractivity contribution in [3.63, 3.8) is 0 Å². The van der Waals surface area contributed by atoms with Gasteiger partial charge in [-0.05, 0) is 32.0 Å². The van der Waals surface area contributed by atoms with Gasteiger partial charge in [0, 0.05) is 32.0 Å². The Bertz CT molecular complexity index is 780. The third-order valence-corrected chi connectivity index (χ3v) is 6.48. The van der Waals surface area contributed by atoms with Gasteiger partial charge in [0.15, 0.2) is 5.79 Å². The number of nitrogens with zero attached hydrogens (tertiary/aromatic N) is 1. The van der Waals surface area contributed by atoms with Gasteiger partial charge in [0.1, 0.15) is 0 Å². The third-order valence-electron chi connectivity index (χ3n) is 4.50. The van der Waals surface area contributed by atoms with E-state index in [1.54, 1.807) is 18.7 Å². The Morgan fingerprint density at radius 2 is 1.85 bits per heavy atom. The van der Waals surface area contributed by atoms with Gasteiger partial charge in [-0.2, -0.15) is 0 Å². The van der Waals surface area contributed by atoms with Crippen LogP contribution in [-0.4, -0.2) is 57.4 Å². The molecule has 0 atom stereocenters. The van der Waals surface area contributed by atoms with Gasteiger partial charge in [0.2, 0.25) is 10.0 Å². The summed E-state index contributed by atoms with van der Waals surface area (Å²) in [7, 11) is -3.70. The van der Waals surface area contributed by atoms with E-state index in [0.29, 0.717) is 39.1 Å². The average molecular weight is 403 g/mol. The first-order chi connectivity index (χ1) is 12.2. The molecule has 3 rings (SSSR count). The van der Waals surface area contributed by atoms with E-state index in [1.807, 2.05) is 0 Å². The van der Waals surface area contributed by atoms with Crippen molar-refractivity contribution in [1.29, 1.82) is 0 Å². The SMILES string of the molecule is CC(C)NS(=O)(=O)c1ccc(Cl)c(C(=O)N2CCC3(CC2)OCCO3)c1. The number of ether oxygens (including phenoxy) is 2. The van der Waals surface area contributed by atoms with Crippen LogP contribution in [0.1, 0.15) is 37.0 Å². The maximum atomic E-state index is 12.9. The Kier molecular flexibility index (Phi) is 5.60. The minimum atomic E-state index is -3.70. The molecule has 7 nitrogen and oxygen atoms in total. The zero-order valence-electron chi connectivity index (χ0n) is 14.8. The lowest BCUT2D eigenvalue weighted by Crippen LogP contribution is -2.47. The lowest BCUT2D eigenvalue weighted by Gasteiger charge is -2.37. The third kappa shape index (κ3) is 4.04. The zero-order chi connectivity index (χ0) is 18.9. The van der Waals surface area contributed by atoms with Crippen LogP contribution in [0.3, 0.4) is 0 Å². The topological polar surface area (TPSA) is 84.9 Å². The second-order valence-electron chi connectivity index (χ2n) is 6.82. The Hall–Kier alpha value is -1.19. The number of carbonyl (C=O) groups excluding carboxylic acids is 1. The number of nitrogens with one attached hydrogen (secondary N) is 1. The molecule has 2 saturated heterocycles. The molecule has 1 aromatic rings. The van der Waals surface area contributed by atoms with Gasteiger partial charge in [-0.15, -0.1) is 0 Å². The van der Waals surface area contributed by atoms with Crippen molar-refractivity contribution < 1.29 is 22.7 Å². The van der Waals surface area contributed by atoms with Gasteiger partial charge in [-0.1, -0.05) is 11.6 Å². The van der Waals surface area contributed by atoms with E-state index >= 15 is 0 Å². The standard InChI is InChI=1S/C17H23ClN2O5S/c1-12(2)19-26(22,23)13-3-4-15(18)14(11-13)16(21)20-7-5-17(6-8-20)24-9-10-25-17/h3-4,11-12,19H,5-10H2,1-2H3. The van der Waals surface area contributed by atoms with Crippen molar-refractivity contribution in [2.24, 2.45) is 0 Å². The van der Waals surface area contributed by atoms with Gasteiger partial charge in [0.25, 0.3) is 5.91 Å². The van der Waals surface area contributed by atoms with Crippen LogP contribution in [0.25, 0.3) is 0 Å². The number of rotatable bonds is 4. The molecule has 2 aliphatic heterocycles. The van der Waals surface area contributed by atoms with Crippen molar-refractivity contribution in [1.82, 2.24) is 9.62 Å². The van der Waals surface area contributed by atoms with E-state index in [9.17, 15) is 13.2 Å². The number of carbonyl (C=O) groups is 1. The van der Waals surface area contributed by atoms with Crippen LogP contribution < -0.4 is 4.72 Å². The summed E-state index contributed by atoms with van der Waals surface area (Å²) in [6.45, 7) is 5.55. The second kappa shape index (κ2) is 7.44. The van der Waals surface area contributed by atoms with Crippen LogP contribution in [0.2, 0.25) is 5.02 Å². The van der Waals surface area contributed by atoms with Crippen LogP contribution >= 0.6 is 11.6 Å². The first kappa shape index (κ1) is 19.6. The van der Waals surface area contributed by atoms with Crippen LogP contribution in [0, 0.1) is 0 Å². The molecule has 2 heterocycles. The molecule has 1 N–H and O–H groups in total. The molecular formula is C17H23ClN2O5S. The maximum Gasteiger partial charge on any atom is 0.255 e. The van der Waals surface area contributed by atoms with Crippen LogP contribution in [0.5, 0.6) is 0 Å². The molecule has 0 radical (unpaired) electrons. The number of likely N-dealkylation sites (tertiary alicyclic amines) is 1. The highest BCUT2D eigenvalue weighted by atomic mass is 35.5. The number of halogens is 1. The molecular weight excluding hydrogens is 380 g/mol. The largest absolute Gasteiger partial charge is 0.347 e. The van der Waals surface area contributed by atoms with Gasteiger partial charge in [0.05, 0.1) is 28.7 Å². The fourth-order valence-electron chi connectivity index (χ4n) is 3.22. The lowest BCUT2D eigenvalue weighted by molar-refractivity contribution is -0.181. The average Bonchev–Trinajstić information content (AvgIpc) is 3.02. The summed E-state index contributed by atoms with van der Waals surface area (Å²) in [5.41, 5.74) is 0.183. The predicted octanol–water partition coefficient (Wildman–Crippen LogP) is 2.01. The van der Waals surface area contributed by atoms with E-state index in [4.69, 9.17) is 21.1 Å². The van der Waals surface area contributed by atoms with Crippen LogP contribution in [0.4, 0.5) is 0 Å². The van der Waals surface area contributed by atoms with Gasteiger partial charge in [-0.3, -0.25) is 4.79 Å². The molecule has 9 heteroatoms. The van der Waals surface area contributed by atoms with Crippen molar-refractivity contribution in [3.8, 4) is 0 Å². The molecule has 0 bridgehead atoms. The molecule has 0 aromatic heterocycles. The summed E-state index contributed by atoms with van der Waals surface area (Å²) in [4.78, 5) is 14.5. The number of piperidine rings is 1. The quantitative estimate of drug-likeness (QED) is 0.832. The van der Waals surface area contributed by atoms with Crippen molar-refractivity contribution in [2.75, 3.05) is 26.3 Å². The highest BCUT2D eigenvalue weighted by Gasteiger charge is 2.41. The summed E-state index contributed by atoms with van der Waals surface area (Å²) in [6.07, 6.45) is 1.17. The van der Waals surface area contributed by atoms with E-state index in [0.717, 1.165) is 0 Å². The second-order valence-corrected chi connectivity index (χ2v) is 8.94. The molecule has 1 spiro atoms. The maximum absolute atomic E-state index is 12.9. The summed E-state index contributed by atoms with van der Waals surface area (Å²) in [5, 5.41) is 0.229. The highest BCUT2D eigenvalue weighted by molar-refractivity contribution is 7.89. The van der Waals surface area contributed by atoms with Crippen LogP contribution in [-0.2, 0) is 19.5 Å². The molecule has 2 fully saturated rings. The summed E-state index contributed by atoms with van der Waals surface area (Å²) in [5.74, 6) is -0.864. The molecule has 1 amide bonds. The van der Waals surface area contributed by atoms with E-state index < -0.39 is 15.8 Å². The van der Waals surface area contributed by atoms with Crippen molar-refractivity contribution in [2.45, 2.75) is 43.4 Å². The number of benzene rings is 1. The fraction of sp³-hybridized carbons (Fsp3) is 0.588. The Labute approximate surface area is 158 Å². The van der Waals surface area contributed by atoms with E-state index in [-0.39, 0.29) is 27.4 Å². The van der Waals surface area contributed by atoms with Crippen LogP contribution in [0.15, 0.2) is 23.1 Å². The summed E-state index contributed by atoms with van der Waals surface area (Å²) >= 11 is 6.17. The van der Waals surface area contributed by atoms with E-state index in [2.05, 4.69) is 4.72 Å². The number of hydrogen-bond acceptors (Lipinski definition) is 5. The number of sulfonamides is 1. The fourth-order valence-corrected chi connectivity index (χ4v) is 4.70. The Morgan fingerprint density at radius 1 is 1.23 bits per heavy atom. The smallest absolute Gasteiger partial charge is 0.255 e.